The SMILES string of the molecule is COc1ccc(C(=O)Nc2c(Cl)cncc2Cl)cc1OC1CC2COC1C2. The number of ether oxygens (including phenoxy) is 3. The van der Waals surface area contributed by atoms with Crippen molar-refractivity contribution in [1.29, 1.82) is 0 Å². The minimum Gasteiger partial charge on any atom is -0.493 e. The van der Waals surface area contributed by atoms with Gasteiger partial charge >= 0.3 is 0 Å². The number of rotatable bonds is 5. The van der Waals surface area contributed by atoms with Crippen molar-refractivity contribution < 1.29 is 19.0 Å². The minimum absolute atomic E-state index is 0.0277. The van der Waals surface area contributed by atoms with E-state index in [0.29, 0.717) is 28.7 Å². The van der Waals surface area contributed by atoms with Crippen molar-refractivity contribution >= 4 is 34.8 Å². The van der Waals surface area contributed by atoms with Crippen molar-refractivity contribution in [3.8, 4) is 11.5 Å². The maximum Gasteiger partial charge on any atom is 0.255 e. The lowest BCUT2D eigenvalue weighted by Gasteiger charge is -2.24. The summed E-state index contributed by atoms with van der Waals surface area (Å²) in [6, 6.07) is 5.01. The second-order valence-electron chi connectivity index (χ2n) is 6.66. The lowest BCUT2D eigenvalue weighted by Crippen LogP contribution is -2.30. The molecule has 142 valence electrons. The van der Waals surface area contributed by atoms with Gasteiger partial charge in [0.15, 0.2) is 11.5 Å². The Balaban J connectivity index is 1.55. The third kappa shape index (κ3) is 3.70. The number of fused-ring (bicyclic) bond motifs is 2. The van der Waals surface area contributed by atoms with E-state index >= 15 is 0 Å². The fourth-order valence-electron chi connectivity index (χ4n) is 3.54. The van der Waals surface area contributed by atoms with Gasteiger partial charge < -0.3 is 19.5 Å². The number of benzene rings is 1. The lowest BCUT2D eigenvalue weighted by molar-refractivity contribution is -0.0117. The van der Waals surface area contributed by atoms with Crippen molar-refractivity contribution in [2.45, 2.75) is 25.0 Å². The highest BCUT2D eigenvalue weighted by Gasteiger charge is 2.42. The maximum absolute atomic E-state index is 12.7. The van der Waals surface area contributed by atoms with Crippen LogP contribution in [0, 0.1) is 5.92 Å². The summed E-state index contributed by atoms with van der Waals surface area (Å²) in [5.41, 5.74) is 0.719. The molecule has 0 spiro atoms. The highest BCUT2D eigenvalue weighted by molar-refractivity contribution is 6.39. The summed E-state index contributed by atoms with van der Waals surface area (Å²) in [5.74, 6) is 1.27. The first kappa shape index (κ1) is 18.3. The van der Waals surface area contributed by atoms with Gasteiger partial charge in [-0.05, 0) is 37.0 Å². The van der Waals surface area contributed by atoms with Crippen LogP contribution in [-0.4, -0.2) is 36.8 Å². The molecule has 6 nitrogen and oxygen atoms in total. The summed E-state index contributed by atoms with van der Waals surface area (Å²) in [4.78, 5) is 16.5. The number of carbonyl (C=O) groups is 1. The van der Waals surface area contributed by atoms with E-state index in [4.69, 9.17) is 37.4 Å². The third-order valence-electron chi connectivity index (χ3n) is 4.89. The first-order chi connectivity index (χ1) is 13.0. The number of anilines is 1. The fourth-order valence-corrected chi connectivity index (χ4v) is 4.00. The lowest BCUT2D eigenvalue weighted by atomic mass is 10.1. The number of methoxy groups -OCH3 is 1. The summed E-state index contributed by atoms with van der Waals surface area (Å²) in [6.07, 6.45) is 4.88. The molecule has 3 unspecified atom stereocenters. The molecular formula is C19H18Cl2N2O4. The molecule has 1 saturated carbocycles. The Bertz CT molecular complexity index is 857. The van der Waals surface area contributed by atoms with Gasteiger partial charge in [0.1, 0.15) is 6.10 Å². The Morgan fingerprint density at radius 2 is 2.00 bits per heavy atom. The summed E-state index contributed by atoms with van der Waals surface area (Å²) in [6.45, 7) is 0.803. The summed E-state index contributed by atoms with van der Waals surface area (Å²) >= 11 is 12.1. The molecule has 2 bridgehead atoms. The van der Waals surface area contributed by atoms with Crippen LogP contribution in [0.3, 0.4) is 0 Å². The topological polar surface area (TPSA) is 69.7 Å². The van der Waals surface area contributed by atoms with Gasteiger partial charge in [0.2, 0.25) is 0 Å². The number of nitrogens with one attached hydrogen (secondary N) is 1. The molecule has 1 aromatic heterocycles. The molecule has 0 radical (unpaired) electrons. The number of hydrogen-bond donors (Lipinski definition) is 1. The van der Waals surface area contributed by atoms with Crippen LogP contribution in [0.15, 0.2) is 30.6 Å². The van der Waals surface area contributed by atoms with Crippen molar-refractivity contribution in [3.05, 3.63) is 46.2 Å². The Labute approximate surface area is 166 Å². The van der Waals surface area contributed by atoms with E-state index in [0.717, 1.165) is 19.4 Å². The highest BCUT2D eigenvalue weighted by Crippen LogP contribution is 2.40. The quantitative estimate of drug-likeness (QED) is 0.802. The van der Waals surface area contributed by atoms with Crippen LogP contribution in [0.1, 0.15) is 23.2 Å². The number of halogens is 2. The van der Waals surface area contributed by atoms with Crippen molar-refractivity contribution in [1.82, 2.24) is 4.98 Å². The second-order valence-corrected chi connectivity index (χ2v) is 7.48. The van der Waals surface area contributed by atoms with Crippen LogP contribution in [0.5, 0.6) is 11.5 Å². The summed E-state index contributed by atoms with van der Waals surface area (Å²) < 4.78 is 17.2. The third-order valence-corrected chi connectivity index (χ3v) is 5.46. The molecule has 3 atom stereocenters. The molecule has 1 aliphatic carbocycles. The number of amides is 1. The van der Waals surface area contributed by atoms with Crippen molar-refractivity contribution in [3.63, 3.8) is 0 Å². The minimum atomic E-state index is -0.360. The standard InChI is InChI=1S/C19H18Cl2N2O4/c1-25-14-3-2-11(19(24)23-18-12(20)7-22-8-13(18)21)6-17(14)27-16-5-10-4-15(16)26-9-10/h2-3,6-8,10,15-16H,4-5,9H2,1H3,(H,22,23,24). The molecule has 2 fully saturated rings. The molecule has 2 aliphatic rings. The highest BCUT2D eigenvalue weighted by atomic mass is 35.5. The van der Waals surface area contributed by atoms with E-state index in [1.165, 1.54) is 12.4 Å². The predicted octanol–water partition coefficient (Wildman–Crippen LogP) is 4.21. The van der Waals surface area contributed by atoms with Crippen LogP contribution in [0.25, 0.3) is 0 Å². The van der Waals surface area contributed by atoms with Gasteiger partial charge in [-0.1, -0.05) is 23.2 Å². The molecule has 4 rings (SSSR count). The smallest absolute Gasteiger partial charge is 0.255 e. The van der Waals surface area contributed by atoms with Gasteiger partial charge in [-0.15, -0.1) is 0 Å². The number of nitrogens with zero attached hydrogens (tertiary/aromatic N) is 1. The van der Waals surface area contributed by atoms with Crippen molar-refractivity contribution in [2.75, 3.05) is 19.0 Å². The summed E-state index contributed by atoms with van der Waals surface area (Å²) in [7, 11) is 1.57. The Hall–Kier alpha value is -2.02. The summed E-state index contributed by atoms with van der Waals surface area (Å²) in [5, 5.41) is 3.24. The van der Waals surface area contributed by atoms with Crippen molar-refractivity contribution in [2.24, 2.45) is 5.92 Å². The molecule has 27 heavy (non-hydrogen) atoms. The first-order valence-corrected chi connectivity index (χ1v) is 9.37. The molecular weight excluding hydrogens is 391 g/mol. The molecule has 8 heteroatoms. The van der Waals surface area contributed by atoms with Crippen LogP contribution < -0.4 is 14.8 Å². The van der Waals surface area contributed by atoms with Gasteiger partial charge in [0.25, 0.3) is 5.91 Å². The van der Waals surface area contributed by atoms with Crippen LogP contribution >= 0.6 is 23.2 Å². The zero-order chi connectivity index (χ0) is 19.0. The molecule has 1 N–H and O–H groups in total. The second kappa shape index (κ2) is 7.54. The number of hydrogen-bond acceptors (Lipinski definition) is 5. The van der Waals surface area contributed by atoms with E-state index < -0.39 is 0 Å². The molecule has 1 aromatic carbocycles. The number of carbonyl (C=O) groups excluding carboxylic acids is 1. The van der Waals surface area contributed by atoms with Gasteiger partial charge in [-0.3, -0.25) is 9.78 Å². The molecule has 2 aromatic rings. The molecule has 2 heterocycles. The maximum atomic E-state index is 12.7. The van der Waals surface area contributed by atoms with Gasteiger partial charge in [0, 0.05) is 18.0 Å². The van der Waals surface area contributed by atoms with Gasteiger partial charge in [-0.25, -0.2) is 0 Å². The number of pyridine rings is 1. The fraction of sp³-hybridized carbons (Fsp3) is 0.368. The van der Waals surface area contributed by atoms with Crippen LogP contribution in [0.2, 0.25) is 10.0 Å². The van der Waals surface area contributed by atoms with Gasteiger partial charge in [-0.2, -0.15) is 0 Å². The molecule has 1 saturated heterocycles. The zero-order valence-electron chi connectivity index (χ0n) is 14.6. The van der Waals surface area contributed by atoms with Gasteiger partial charge in [0.05, 0.1) is 35.6 Å². The van der Waals surface area contributed by atoms with E-state index in [2.05, 4.69) is 10.3 Å². The Kier molecular flexibility index (Phi) is 5.12. The van der Waals surface area contributed by atoms with E-state index in [1.807, 2.05) is 0 Å². The average Bonchev–Trinajstić information content (AvgIpc) is 3.28. The molecule has 1 aliphatic heterocycles. The largest absolute Gasteiger partial charge is 0.493 e. The van der Waals surface area contributed by atoms with E-state index in [1.54, 1.807) is 25.3 Å². The molecule has 1 amide bonds. The zero-order valence-corrected chi connectivity index (χ0v) is 16.1. The van der Waals surface area contributed by atoms with Crippen LogP contribution in [-0.2, 0) is 4.74 Å². The monoisotopic (exact) mass is 408 g/mol. The Morgan fingerprint density at radius 1 is 1.22 bits per heavy atom. The average molecular weight is 409 g/mol. The van der Waals surface area contributed by atoms with E-state index in [9.17, 15) is 4.79 Å². The van der Waals surface area contributed by atoms with Crippen LogP contribution in [0.4, 0.5) is 5.69 Å². The number of aromatic nitrogens is 1. The Morgan fingerprint density at radius 3 is 2.63 bits per heavy atom. The normalized spacial score (nSPS) is 23.3. The first-order valence-electron chi connectivity index (χ1n) is 8.62. The predicted molar refractivity (Wildman–Crippen MR) is 102 cm³/mol. The van der Waals surface area contributed by atoms with E-state index in [-0.39, 0.29) is 28.2 Å².